The van der Waals surface area contributed by atoms with Crippen molar-refractivity contribution in [1.82, 2.24) is 0 Å². The van der Waals surface area contributed by atoms with Crippen molar-refractivity contribution in [2.45, 2.75) is 19.3 Å². The molecule has 0 radical (unpaired) electrons. The van der Waals surface area contributed by atoms with Crippen molar-refractivity contribution in [1.29, 1.82) is 0 Å². The van der Waals surface area contributed by atoms with Crippen LogP contribution in [0.4, 0.5) is 0 Å². The zero-order chi connectivity index (χ0) is 6.53. The highest BCUT2D eigenvalue weighted by Gasteiger charge is 2.04. The zero-order valence-corrected chi connectivity index (χ0v) is 5.34. The van der Waals surface area contributed by atoms with Crippen LogP contribution in [0.5, 0.6) is 0 Å². The second kappa shape index (κ2) is 3.45. The van der Waals surface area contributed by atoms with Gasteiger partial charge in [-0.15, -0.1) is 0 Å². The minimum atomic E-state index is 0.510. The van der Waals surface area contributed by atoms with Crippen molar-refractivity contribution in [3.05, 3.63) is 0 Å². The van der Waals surface area contributed by atoms with Gasteiger partial charge in [-0.05, 0) is 19.3 Å². The summed E-state index contributed by atoms with van der Waals surface area (Å²) in [5.41, 5.74) is 0.771. The molecule has 0 atom stereocenters. The molecule has 0 unspecified atom stereocenters. The molecule has 1 N–H and O–H groups in total. The highest BCUT2D eigenvalue weighted by Crippen LogP contribution is 2.03. The molecule has 0 spiro atoms. The quantitative estimate of drug-likeness (QED) is 0.392. The van der Waals surface area contributed by atoms with Gasteiger partial charge in [-0.2, -0.15) is 0 Å². The van der Waals surface area contributed by atoms with Gasteiger partial charge in [0.2, 0.25) is 0 Å². The Hall–Kier alpha value is -0.570. The summed E-state index contributed by atoms with van der Waals surface area (Å²) in [6, 6.07) is 0. The van der Waals surface area contributed by atoms with E-state index in [1.807, 2.05) is 0 Å². The molecule has 0 aromatic heterocycles. The summed E-state index contributed by atoms with van der Waals surface area (Å²) in [6.45, 7) is 1.32. The molecule has 1 fully saturated rings. The Morgan fingerprint density at radius 2 is 2.33 bits per heavy atom. The van der Waals surface area contributed by atoms with Gasteiger partial charge in [0, 0.05) is 6.61 Å². The van der Waals surface area contributed by atoms with E-state index in [-0.39, 0.29) is 0 Å². The van der Waals surface area contributed by atoms with E-state index in [1.165, 1.54) is 0 Å². The van der Waals surface area contributed by atoms with Gasteiger partial charge in [-0.1, -0.05) is 5.16 Å². The second-order valence-electron chi connectivity index (χ2n) is 2.18. The highest BCUT2D eigenvalue weighted by atomic mass is 16.5. The summed E-state index contributed by atoms with van der Waals surface area (Å²) in [4.78, 5) is 0. The van der Waals surface area contributed by atoms with E-state index in [1.54, 1.807) is 0 Å². The minimum absolute atomic E-state index is 0.510. The van der Waals surface area contributed by atoms with Gasteiger partial charge in [0.25, 0.3) is 0 Å². The van der Waals surface area contributed by atoms with Crippen molar-refractivity contribution < 1.29 is 9.94 Å². The second-order valence-corrected chi connectivity index (χ2v) is 2.18. The Morgan fingerprint density at radius 3 is 3.11 bits per heavy atom. The first kappa shape index (κ1) is 6.55. The van der Waals surface area contributed by atoms with Crippen LogP contribution in [0.2, 0.25) is 0 Å². The Bertz CT molecular complexity index is 102. The summed E-state index contributed by atoms with van der Waals surface area (Å²) in [5.74, 6) is 0. The smallest absolute Gasteiger partial charge is 0.0881 e. The normalized spacial score (nSPS) is 26.0. The zero-order valence-electron chi connectivity index (χ0n) is 5.34. The molecule has 1 saturated heterocycles. The lowest BCUT2D eigenvalue weighted by Gasteiger charge is -1.95. The largest absolute Gasteiger partial charge is 0.411 e. The number of nitrogens with zero attached hydrogens (tertiary/aromatic N) is 1. The molecule has 0 aromatic rings. The fourth-order valence-electron chi connectivity index (χ4n) is 0.874. The Kier molecular flexibility index (Phi) is 2.51. The van der Waals surface area contributed by atoms with Gasteiger partial charge in [0.15, 0.2) is 0 Å². The molecule has 1 aliphatic heterocycles. The maximum Gasteiger partial charge on any atom is 0.0881 e. The number of hydrogen-bond donors (Lipinski definition) is 1. The average molecular weight is 129 g/mol. The van der Waals surface area contributed by atoms with Crippen LogP contribution in [-0.4, -0.2) is 24.1 Å². The molecule has 0 bridgehead atoms. The molecule has 1 aliphatic rings. The fourth-order valence-corrected chi connectivity index (χ4v) is 0.874. The molecule has 1 rings (SSSR count). The maximum absolute atomic E-state index is 8.32. The molecule has 0 aromatic carbocycles. The maximum atomic E-state index is 8.32. The lowest BCUT2D eigenvalue weighted by Crippen LogP contribution is -2.04. The summed E-state index contributed by atoms with van der Waals surface area (Å²) >= 11 is 0. The van der Waals surface area contributed by atoms with E-state index in [2.05, 4.69) is 5.16 Å². The lowest BCUT2D eigenvalue weighted by molar-refractivity contribution is 0.172. The molecular formula is C6H11NO2. The summed E-state index contributed by atoms with van der Waals surface area (Å²) in [6.07, 6.45) is 3.05. The number of ether oxygens (including phenoxy) is 1. The lowest BCUT2D eigenvalue weighted by atomic mass is 10.2. The van der Waals surface area contributed by atoms with E-state index in [9.17, 15) is 0 Å². The SMILES string of the molecule is O/N=C1/CCCCOC1. The monoisotopic (exact) mass is 129 g/mol. The molecule has 3 heteroatoms. The first-order chi connectivity index (χ1) is 4.43. The van der Waals surface area contributed by atoms with Crippen LogP contribution >= 0.6 is 0 Å². The van der Waals surface area contributed by atoms with Gasteiger partial charge < -0.3 is 9.94 Å². The van der Waals surface area contributed by atoms with E-state index in [0.29, 0.717) is 6.61 Å². The highest BCUT2D eigenvalue weighted by molar-refractivity contribution is 5.85. The minimum Gasteiger partial charge on any atom is -0.411 e. The van der Waals surface area contributed by atoms with Crippen LogP contribution in [0.15, 0.2) is 5.16 Å². The third-order valence-corrected chi connectivity index (χ3v) is 1.41. The van der Waals surface area contributed by atoms with Crippen LogP contribution < -0.4 is 0 Å². The molecule has 3 nitrogen and oxygen atoms in total. The molecule has 0 aliphatic carbocycles. The van der Waals surface area contributed by atoms with Crippen molar-refractivity contribution >= 4 is 5.71 Å². The van der Waals surface area contributed by atoms with E-state index in [4.69, 9.17) is 9.94 Å². The Labute approximate surface area is 54.3 Å². The molecule has 0 amide bonds. The van der Waals surface area contributed by atoms with Crippen LogP contribution in [-0.2, 0) is 4.74 Å². The van der Waals surface area contributed by atoms with Crippen molar-refractivity contribution in [3.8, 4) is 0 Å². The predicted molar refractivity (Wildman–Crippen MR) is 33.9 cm³/mol. The summed E-state index contributed by atoms with van der Waals surface area (Å²) < 4.78 is 5.11. The summed E-state index contributed by atoms with van der Waals surface area (Å²) in [5, 5.41) is 11.4. The number of hydrogen-bond acceptors (Lipinski definition) is 3. The number of oxime groups is 1. The van der Waals surface area contributed by atoms with E-state index >= 15 is 0 Å². The van der Waals surface area contributed by atoms with Crippen LogP contribution in [0.3, 0.4) is 0 Å². The van der Waals surface area contributed by atoms with Gasteiger partial charge in [0.05, 0.1) is 12.3 Å². The summed E-state index contributed by atoms with van der Waals surface area (Å²) in [7, 11) is 0. The standard InChI is InChI=1S/C6H11NO2/c8-7-6-3-1-2-4-9-5-6/h8H,1-5H2/b7-6-. The molecular weight excluding hydrogens is 118 g/mol. The molecule has 0 saturated carbocycles. The Morgan fingerprint density at radius 1 is 1.44 bits per heavy atom. The van der Waals surface area contributed by atoms with Crippen molar-refractivity contribution in [3.63, 3.8) is 0 Å². The Balaban J connectivity index is 2.36. The van der Waals surface area contributed by atoms with Crippen molar-refractivity contribution in [2.24, 2.45) is 5.16 Å². The van der Waals surface area contributed by atoms with Crippen LogP contribution in [0.25, 0.3) is 0 Å². The first-order valence-corrected chi connectivity index (χ1v) is 3.21. The van der Waals surface area contributed by atoms with E-state index in [0.717, 1.165) is 31.6 Å². The van der Waals surface area contributed by atoms with Gasteiger partial charge >= 0.3 is 0 Å². The van der Waals surface area contributed by atoms with Gasteiger partial charge in [-0.25, -0.2) is 0 Å². The molecule has 1 heterocycles. The van der Waals surface area contributed by atoms with Gasteiger partial charge in [0.1, 0.15) is 0 Å². The predicted octanol–water partition coefficient (Wildman–Crippen LogP) is 1.02. The van der Waals surface area contributed by atoms with Crippen LogP contribution in [0.1, 0.15) is 19.3 Å². The van der Waals surface area contributed by atoms with Crippen molar-refractivity contribution in [2.75, 3.05) is 13.2 Å². The topological polar surface area (TPSA) is 41.8 Å². The van der Waals surface area contributed by atoms with E-state index < -0.39 is 0 Å². The van der Waals surface area contributed by atoms with Gasteiger partial charge in [-0.3, -0.25) is 0 Å². The fraction of sp³-hybridized carbons (Fsp3) is 0.833. The van der Waals surface area contributed by atoms with Crippen LogP contribution in [0, 0.1) is 0 Å². The third-order valence-electron chi connectivity index (χ3n) is 1.41. The third kappa shape index (κ3) is 2.01. The number of rotatable bonds is 0. The molecule has 9 heavy (non-hydrogen) atoms. The average Bonchev–Trinajstić information content (AvgIpc) is 2.13. The first-order valence-electron chi connectivity index (χ1n) is 3.21. The molecule has 52 valence electrons.